The van der Waals surface area contributed by atoms with Crippen LogP contribution in [0.15, 0.2) is 235 Å². The fraction of sp³-hybridized carbons (Fsp3) is 0. The number of benzene rings is 10. The summed E-state index contributed by atoms with van der Waals surface area (Å²) in [5.74, 6) is 0. The van der Waals surface area contributed by atoms with Gasteiger partial charge in [-0.05, 0) is 105 Å². The van der Waals surface area contributed by atoms with E-state index in [1.54, 1.807) is 0 Å². The van der Waals surface area contributed by atoms with Crippen LogP contribution in [0.25, 0.3) is 93.6 Å². The van der Waals surface area contributed by atoms with Crippen molar-refractivity contribution in [3.05, 3.63) is 231 Å². The highest BCUT2D eigenvalue weighted by Crippen LogP contribution is 2.48. The average molecular weight is 779 g/mol. The van der Waals surface area contributed by atoms with E-state index in [4.69, 9.17) is 4.42 Å². The Morgan fingerprint density at radius 1 is 0.361 bits per heavy atom. The lowest BCUT2D eigenvalue weighted by Crippen LogP contribution is -2.11. The van der Waals surface area contributed by atoms with E-state index in [0.717, 1.165) is 61.4 Å². The molecule has 0 amide bonds. The van der Waals surface area contributed by atoms with Gasteiger partial charge in [-0.25, -0.2) is 0 Å². The second-order valence-electron chi connectivity index (χ2n) is 15.7. The molecule has 286 valence electrons. The number of anilines is 3. The molecular weight excluding hydrogens is 741 g/mol. The minimum absolute atomic E-state index is 0.861. The van der Waals surface area contributed by atoms with Gasteiger partial charge in [0.25, 0.3) is 0 Å². The molecule has 0 saturated carbocycles. The first kappa shape index (κ1) is 34.9. The first-order valence-corrected chi connectivity index (χ1v) is 20.8. The van der Waals surface area contributed by atoms with Gasteiger partial charge < -0.3 is 13.9 Å². The number of fused-ring (bicyclic) bond motifs is 7. The molecule has 0 aliphatic carbocycles. The van der Waals surface area contributed by atoms with Gasteiger partial charge in [-0.15, -0.1) is 0 Å². The van der Waals surface area contributed by atoms with Gasteiger partial charge in [0.1, 0.15) is 11.2 Å². The highest BCUT2D eigenvalue weighted by molar-refractivity contribution is 6.14. The Kier molecular flexibility index (Phi) is 8.17. The normalized spacial score (nSPS) is 11.6. The van der Waals surface area contributed by atoms with Gasteiger partial charge in [-0.2, -0.15) is 0 Å². The van der Waals surface area contributed by atoms with Gasteiger partial charge in [0.2, 0.25) is 0 Å². The molecule has 0 bridgehead atoms. The summed E-state index contributed by atoms with van der Waals surface area (Å²) in [7, 11) is 0. The van der Waals surface area contributed by atoms with Crippen LogP contribution in [0.5, 0.6) is 0 Å². The van der Waals surface area contributed by atoms with Crippen LogP contribution in [0, 0.1) is 0 Å². The molecule has 0 unspecified atom stereocenters. The van der Waals surface area contributed by atoms with Crippen molar-refractivity contribution in [3.63, 3.8) is 0 Å². The molecule has 0 radical (unpaired) electrons. The molecule has 0 N–H and O–H groups in total. The Labute approximate surface area is 353 Å². The SMILES string of the molecule is c1ccc(-c2ccc(N(c3cccc(-c4cccc5ccccc45)c3)c3ccc4c(oc5ccccc54)c3-c3ccc(-n4c5ccccc5c5ccccc54)cc3)cc2)cc1. The predicted molar refractivity (Wildman–Crippen MR) is 257 cm³/mol. The summed E-state index contributed by atoms with van der Waals surface area (Å²) >= 11 is 0. The molecule has 2 aromatic heterocycles. The number of rotatable bonds is 7. The predicted octanol–water partition coefficient (Wildman–Crippen LogP) is 16.3. The van der Waals surface area contributed by atoms with Crippen molar-refractivity contribution in [2.75, 3.05) is 4.90 Å². The molecule has 3 heteroatoms. The van der Waals surface area contributed by atoms with E-state index in [1.165, 1.54) is 49.3 Å². The molecule has 61 heavy (non-hydrogen) atoms. The third kappa shape index (κ3) is 5.82. The maximum absolute atomic E-state index is 6.90. The molecule has 0 aliphatic rings. The van der Waals surface area contributed by atoms with Crippen LogP contribution in [-0.4, -0.2) is 4.57 Å². The van der Waals surface area contributed by atoms with E-state index in [0.29, 0.717) is 0 Å². The topological polar surface area (TPSA) is 21.3 Å². The zero-order valence-electron chi connectivity index (χ0n) is 33.2. The Morgan fingerprint density at radius 3 is 1.72 bits per heavy atom. The quantitative estimate of drug-likeness (QED) is 0.161. The Balaban J connectivity index is 1.09. The Bertz CT molecular complexity index is 3520. The summed E-state index contributed by atoms with van der Waals surface area (Å²) in [6, 6.07) is 82.9. The third-order valence-electron chi connectivity index (χ3n) is 12.2. The van der Waals surface area contributed by atoms with Crippen molar-refractivity contribution in [2.45, 2.75) is 0 Å². The van der Waals surface area contributed by atoms with Gasteiger partial charge >= 0.3 is 0 Å². The van der Waals surface area contributed by atoms with Crippen molar-refractivity contribution >= 4 is 71.6 Å². The molecule has 0 aliphatic heterocycles. The monoisotopic (exact) mass is 778 g/mol. The van der Waals surface area contributed by atoms with Crippen molar-refractivity contribution < 1.29 is 4.42 Å². The first-order valence-electron chi connectivity index (χ1n) is 20.8. The maximum atomic E-state index is 6.90. The van der Waals surface area contributed by atoms with Gasteiger partial charge in [-0.3, -0.25) is 0 Å². The van der Waals surface area contributed by atoms with Gasteiger partial charge in [0.15, 0.2) is 0 Å². The molecule has 0 fully saturated rings. The molecule has 2 heterocycles. The lowest BCUT2D eigenvalue weighted by atomic mass is 9.96. The largest absolute Gasteiger partial charge is 0.455 e. The molecule has 12 aromatic rings. The molecule has 0 spiro atoms. The van der Waals surface area contributed by atoms with E-state index >= 15 is 0 Å². The van der Waals surface area contributed by atoms with Gasteiger partial charge in [0, 0.05) is 44.2 Å². The minimum Gasteiger partial charge on any atom is -0.455 e. The van der Waals surface area contributed by atoms with Crippen LogP contribution < -0.4 is 4.90 Å². The minimum atomic E-state index is 0.861. The summed E-state index contributed by atoms with van der Waals surface area (Å²) in [4.78, 5) is 2.40. The van der Waals surface area contributed by atoms with E-state index in [1.807, 2.05) is 6.07 Å². The fourth-order valence-corrected chi connectivity index (χ4v) is 9.37. The smallest absolute Gasteiger partial charge is 0.145 e. The Hall–Kier alpha value is -8.14. The molecule has 10 aromatic carbocycles. The molecular formula is C58H38N2O. The van der Waals surface area contributed by atoms with Gasteiger partial charge in [-0.1, -0.05) is 164 Å². The van der Waals surface area contributed by atoms with E-state index < -0.39 is 0 Å². The van der Waals surface area contributed by atoms with Crippen LogP contribution >= 0.6 is 0 Å². The molecule has 0 atom stereocenters. The average Bonchev–Trinajstić information content (AvgIpc) is 3.88. The summed E-state index contributed by atoms with van der Waals surface area (Å²) in [5, 5.41) is 7.13. The van der Waals surface area contributed by atoms with Crippen molar-refractivity contribution in [2.24, 2.45) is 0 Å². The highest BCUT2D eigenvalue weighted by atomic mass is 16.3. The van der Waals surface area contributed by atoms with Crippen LogP contribution in [0.4, 0.5) is 17.1 Å². The zero-order valence-corrected chi connectivity index (χ0v) is 33.2. The molecule has 0 saturated heterocycles. The second kappa shape index (κ2) is 14.3. The number of furan rings is 1. The van der Waals surface area contributed by atoms with Crippen LogP contribution in [0.3, 0.4) is 0 Å². The fourth-order valence-electron chi connectivity index (χ4n) is 9.37. The van der Waals surface area contributed by atoms with Crippen molar-refractivity contribution in [1.29, 1.82) is 0 Å². The summed E-state index contributed by atoms with van der Waals surface area (Å²) in [6.45, 7) is 0. The molecule has 3 nitrogen and oxygen atoms in total. The highest BCUT2D eigenvalue weighted by Gasteiger charge is 2.24. The third-order valence-corrected chi connectivity index (χ3v) is 12.2. The first-order chi connectivity index (χ1) is 30.3. The van der Waals surface area contributed by atoms with Crippen molar-refractivity contribution in [1.82, 2.24) is 4.57 Å². The van der Waals surface area contributed by atoms with E-state index in [-0.39, 0.29) is 0 Å². The van der Waals surface area contributed by atoms with E-state index in [9.17, 15) is 0 Å². The van der Waals surface area contributed by atoms with Crippen LogP contribution in [0.2, 0.25) is 0 Å². The second-order valence-corrected chi connectivity index (χ2v) is 15.7. The maximum Gasteiger partial charge on any atom is 0.145 e. The Morgan fingerprint density at radius 2 is 0.951 bits per heavy atom. The summed E-state index contributed by atoms with van der Waals surface area (Å²) in [6.07, 6.45) is 0. The zero-order chi connectivity index (χ0) is 40.3. The number of hydrogen-bond acceptors (Lipinski definition) is 2. The lowest BCUT2D eigenvalue weighted by molar-refractivity contribution is 0.670. The number of hydrogen-bond donors (Lipinski definition) is 0. The molecule has 12 rings (SSSR count). The number of aromatic nitrogens is 1. The summed E-state index contributed by atoms with van der Waals surface area (Å²) in [5.41, 5.74) is 15.2. The van der Waals surface area contributed by atoms with Crippen LogP contribution in [-0.2, 0) is 0 Å². The number of para-hydroxylation sites is 3. The number of nitrogens with zero attached hydrogens (tertiary/aromatic N) is 2. The van der Waals surface area contributed by atoms with E-state index in [2.05, 4.69) is 234 Å². The van der Waals surface area contributed by atoms with Crippen LogP contribution in [0.1, 0.15) is 0 Å². The van der Waals surface area contributed by atoms with Crippen molar-refractivity contribution in [3.8, 4) is 39.1 Å². The summed E-state index contributed by atoms with van der Waals surface area (Å²) < 4.78 is 9.28. The lowest BCUT2D eigenvalue weighted by Gasteiger charge is -2.29. The van der Waals surface area contributed by atoms with Gasteiger partial charge in [0.05, 0.1) is 16.7 Å². The standard InChI is InChI=1S/C58H38N2O/c1-2-14-39(15-3-1)40-28-32-44(33-29-40)59(46-19-12-18-43(38-46)48-24-13-17-41-16-4-5-20-47(41)48)55-37-36-52-51-23-8-11-27-56(51)61-58(52)57(55)42-30-34-45(35-31-42)60-53-25-9-6-21-49(53)50-22-7-10-26-54(50)60/h1-38H.